The highest BCUT2D eigenvalue weighted by atomic mass is 32.1. The van der Waals surface area contributed by atoms with Crippen LogP contribution in [-0.4, -0.2) is 114 Å². The first-order valence-corrected chi connectivity index (χ1v) is 24.2. The summed E-state index contributed by atoms with van der Waals surface area (Å²) in [6.45, 7) is 12.8. The summed E-state index contributed by atoms with van der Waals surface area (Å²) in [7, 11) is 1.95. The lowest BCUT2D eigenvalue weighted by Crippen LogP contribution is -2.56. The number of anilines is 1. The van der Waals surface area contributed by atoms with Crippen LogP contribution < -0.4 is 37.9 Å². The fourth-order valence-corrected chi connectivity index (χ4v) is 7.68. The van der Waals surface area contributed by atoms with Gasteiger partial charge in [0.1, 0.15) is 18.3 Å². The summed E-state index contributed by atoms with van der Waals surface area (Å²) in [6, 6.07) is 4.83. The largest absolute Gasteiger partial charge is 0.443 e. The molecule has 20 heteroatoms. The van der Waals surface area contributed by atoms with E-state index in [1.165, 1.54) is 16.4 Å². The van der Waals surface area contributed by atoms with Crippen molar-refractivity contribution in [2.75, 3.05) is 45.2 Å². The summed E-state index contributed by atoms with van der Waals surface area (Å²) in [5.41, 5.74) is 11.7. The minimum Gasteiger partial charge on any atom is -0.443 e. The van der Waals surface area contributed by atoms with E-state index in [-0.39, 0.29) is 67.4 Å². The molecule has 0 radical (unpaired) electrons. The molecule has 1 saturated heterocycles. The maximum atomic E-state index is 14.0. The zero-order valence-corrected chi connectivity index (χ0v) is 40.7. The van der Waals surface area contributed by atoms with Crippen LogP contribution in [-0.2, 0) is 46.6 Å². The SMILES string of the molecule is CCCCCCON(CCCc1nc(C(=O)NCCC(C)C(=O)NNC(=O)OCc2ccc(NC(=O)CNC(=O)C(N)C(C)C)cc2)cs1)C(=O)C(NC(=O)C1CCCCN1C)C(C)CC. The first-order chi connectivity index (χ1) is 31.5. The van der Waals surface area contributed by atoms with Gasteiger partial charge in [0.2, 0.25) is 23.6 Å². The number of aryl methyl sites for hydroxylation is 1. The summed E-state index contributed by atoms with van der Waals surface area (Å²) >= 11 is 1.34. The van der Waals surface area contributed by atoms with E-state index >= 15 is 0 Å². The van der Waals surface area contributed by atoms with E-state index in [0.717, 1.165) is 56.5 Å². The molecule has 8 N–H and O–H groups in total. The summed E-state index contributed by atoms with van der Waals surface area (Å²) in [5.74, 6) is -2.83. The maximum absolute atomic E-state index is 14.0. The van der Waals surface area contributed by atoms with Crippen LogP contribution in [0.2, 0.25) is 0 Å². The van der Waals surface area contributed by atoms with Gasteiger partial charge in [0.25, 0.3) is 11.8 Å². The van der Waals surface area contributed by atoms with Crippen LogP contribution in [0, 0.1) is 17.8 Å². The van der Waals surface area contributed by atoms with Crippen LogP contribution in [0.15, 0.2) is 29.6 Å². The number of likely N-dealkylation sites (N-methyl/N-ethyl adjacent to an activating group) is 1. The molecule has 5 atom stereocenters. The molecular weight excluding hydrogens is 869 g/mol. The summed E-state index contributed by atoms with van der Waals surface area (Å²) in [4.78, 5) is 102. The fraction of sp³-hybridized carbons (Fsp3) is 0.652. The molecule has 1 fully saturated rings. The lowest BCUT2D eigenvalue weighted by atomic mass is 9.96. The number of rotatable bonds is 27. The quantitative estimate of drug-likeness (QED) is 0.0492. The van der Waals surface area contributed by atoms with E-state index in [1.54, 1.807) is 36.6 Å². The van der Waals surface area contributed by atoms with E-state index in [9.17, 15) is 33.6 Å². The van der Waals surface area contributed by atoms with Crippen LogP contribution in [0.5, 0.6) is 0 Å². The number of hydroxylamine groups is 2. The number of hydrogen-bond donors (Lipinski definition) is 7. The van der Waals surface area contributed by atoms with E-state index in [0.29, 0.717) is 43.7 Å². The lowest BCUT2D eigenvalue weighted by Gasteiger charge is -2.34. The normalized spacial score (nSPS) is 15.7. The van der Waals surface area contributed by atoms with Gasteiger partial charge in [-0.15, -0.1) is 11.3 Å². The third kappa shape index (κ3) is 19.3. The van der Waals surface area contributed by atoms with Gasteiger partial charge in [0, 0.05) is 36.5 Å². The third-order valence-corrected chi connectivity index (χ3v) is 12.4. The number of ether oxygens (including phenoxy) is 1. The number of nitrogens with two attached hydrogens (primary N) is 1. The van der Waals surface area contributed by atoms with Crippen LogP contribution in [0.25, 0.3) is 0 Å². The number of amides is 7. The molecule has 2 heterocycles. The van der Waals surface area contributed by atoms with Gasteiger partial charge in [-0.2, -0.15) is 0 Å². The predicted octanol–water partition coefficient (Wildman–Crippen LogP) is 4.18. The molecule has 0 saturated carbocycles. The molecule has 0 aliphatic carbocycles. The molecule has 7 amide bonds. The van der Waals surface area contributed by atoms with Crippen molar-refractivity contribution in [2.45, 2.75) is 137 Å². The molecular formula is C46H74N10O9S. The number of carbonyl (C=O) groups excluding carboxylic acids is 7. The van der Waals surface area contributed by atoms with Gasteiger partial charge in [0.15, 0.2) is 0 Å². The van der Waals surface area contributed by atoms with Crippen LogP contribution in [0.1, 0.15) is 127 Å². The Bertz CT molecular complexity index is 1860. The minimum absolute atomic E-state index is 0.0663. The minimum atomic E-state index is -0.882. The second-order valence-electron chi connectivity index (χ2n) is 17.3. The number of nitrogens with one attached hydrogen (secondary N) is 6. The van der Waals surface area contributed by atoms with Crippen LogP contribution >= 0.6 is 11.3 Å². The van der Waals surface area contributed by atoms with Crippen molar-refractivity contribution in [3.05, 3.63) is 45.9 Å². The van der Waals surface area contributed by atoms with E-state index in [4.69, 9.17) is 15.3 Å². The molecule has 19 nitrogen and oxygen atoms in total. The number of nitrogens with zero attached hydrogens (tertiary/aromatic N) is 3. The molecule has 1 aliphatic heterocycles. The zero-order valence-electron chi connectivity index (χ0n) is 39.9. The number of carbonyl (C=O) groups is 7. The van der Waals surface area contributed by atoms with Crippen molar-refractivity contribution >= 4 is 58.6 Å². The number of piperidine rings is 1. The Morgan fingerprint density at radius 3 is 2.36 bits per heavy atom. The number of hydrogen-bond acceptors (Lipinski definition) is 13. The number of hydrazine groups is 1. The van der Waals surface area contributed by atoms with Gasteiger partial charge in [-0.1, -0.05) is 85.8 Å². The second-order valence-corrected chi connectivity index (χ2v) is 18.2. The Morgan fingerprint density at radius 2 is 1.68 bits per heavy atom. The van der Waals surface area contributed by atoms with Gasteiger partial charge in [-0.05, 0) is 75.2 Å². The van der Waals surface area contributed by atoms with Crippen LogP contribution in [0.4, 0.5) is 10.5 Å². The molecule has 0 bridgehead atoms. The zero-order chi connectivity index (χ0) is 48.6. The van der Waals surface area contributed by atoms with Crippen molar-refractivity contribution in [2.24, 2.45) is 23.5 Å². The topological polar surface area (TPSA) is 256 Å². The molecule has 1 aromatic heterocycles. The Labute approximate surface area is 393 Å². The molecule has 1 aliphatic rings. The highest BCUT2D eigenvalue weighted by Crippen LogP contribution is 2.19. The third-order valence-electron chi connectivity index (χ3n) is 11.5. The standard InChI is InChI=1S/C46H74N10O9S/c1-8-10-11-14-26-65-56(45(62)40(31(5)9-2)52-43(60)36-16-12-13-24-55(36)7)25-15-17-38-51-35(29-66-38)42(59)48-23-22-32(6)41(58)53-54-46(63)64-28-33-18-20-34(21-19-33)50-37(57)27-49-44(61)39(47)30(3)4/h18-21,29-32,36,39-40H,8-17,22-28,47H2,1-7H3,(H,48,59)(H,49,61)(H,50,57)(H,52,60)(H,53,58)(H,54,63). The monoisotopic (exact) mass is 943 g/mol. The summed E-state index contributed by atoms with van der Waals surface area (Å²) in [6.07, 6.45) is 7.90. The van der Waals surface area contributed by atoms with Gasteiger partial charge in [-0.3, -0.25) is 43.9 Å². The van der Waals surface area contributed by atoms with Crippen LogP contribution in [0.3, 0.4) is 0 Å². The first-order valence-electron chi connectivity index (χ1n) is 23.4. The Kier molecular flexibility index (Phi) is 24.6. The lowest BCUT2D eigenvalue weighted by molar-refractivity contribution is -0.191. The number of unbranched alkanes of at least 4 members (excludes halogenated alkanes) is 3. The molecule has 1 aromatic carbocycles. The number of aromatic nitrogens is 1. The highest BCUT2D eigenvalue weighted by molar-refractivity contribution is 7.09. The maximum Gasteiger partial charge on any atom is 0.426 e. The van der Waals surface area contributed by atoms with Crippen molar-refractivity contribution in [1.82, 2.24) is 41.7 Å². The van der Waals surface area contributed by atoms with Crippen molar-refractivity contribution in [3.8, 4) is 0 Å². The van der Waals surface area contributed by atoms with Gasteiger partial charge >= 0.3 is 6.09 Å². The summed E-state index contributed by atoms with van der Waals surface area (Å²) < 4.78 is 5.17. The van der Waals surface area contributed by atoms with Crippen molar-refractivity contribution < 1.29 is 43.1 Å². The smallest absolute Gasteiger partial charge is 0.426 e. The molecule has 66 heavy (non-hydrogen) atoms. The Morgan fingerprint density at radius 1 is 0.939 bits per heavy atom. The average Bonchev–Trinajstić information content (AvgIpc) is 3.79. The van der Waals surface area contributed by atoms with E-state index < -0.39 is 41.8 Å². The molecule has 5 unspecified atom stereocenters. The van der Waals surface area contributed by atoms with Gasteiger partial charge in [0.05, 0.1) is 30.2 Å². The highest BCUT2D eigenvalue weighted by Gasteiger charge is 2.34. The van der Waals surface area contributed by atoms with E-state index in [2.05, 4.69) is 48.9 Å². The molecule has 2 aromatic rings. The Hall–Kier alpha value is -5.18. The number of benzene rings is 1. The van der Waals surface area contributed by atoms with Crippen molar-refractivity contribution in [1.29, 1.82) is 0 Å². The fourth-order valence-electron chi connectivity index (χ4n) is 6.86. The molecule has 3 rings (SSSR count). The Balaban J connectivity index is 1.40. The first kappa shape index (κ1) is 55.1. The summed E-state index contributed by atoms with van der Waals surface area (Å²) in [5, 5.41) is 14.8. The van der Waals surface area contributed by atoms with Gasteiger partial charge in [-0.25, -0.2) is 20.3 Å². The molecule has 0 spiro atoms. The number of thiazole rings is 1. The van der Waals surface area contributed by atoms with Crippen molar-refractivity contribution in [3.63, 3.8) is 0 Å². The molecule has 368 valence electrons. The average molecular weight is 943 g/mol. The second kappa shape index (κ2) is 29.5. The van der Waals surface area contributed by atoms with E-state index in [1.807, 2.05) is 34.7 Å². The number of likely N-dealkylation sites (tertiary alicyclic amines) is 1. The predicted molar refractivity (Wildman–Crippen MR) is 252 cm³/mol. The van der Waals surface area contributed by atoms with Gasteiger partial charge < -0.3 is 31.7 Å².